The summed E-state index contributed by atoms with van der Waals surface area (Å²) >= 11 is 0. The summed E-state index contributed by atoms with van der Waals surface area (Å²) < 4.78 is 0. The Bertz CT molecular complexity index is 495. The van der Waals surface area contributed by atoms with Crippen molar-refractivity contribution in [3.63, 3.8) is 0 Å². The van der Waals surface area contributed by atoms with E-state index < -0.39 is 0 Å². The van der Waals surface area contributed by atoms with Gasteiger partial charge in [-0.1, -0.05) is 0 Å². The van der Waals surface area contributed by atoms with Crippen LogP contribution >= 0.6 is 0 Å². The normalized spacial score (nSPS) is 18.6. The van der Waals surface area contributed by atoms with Crippen LogP contribution in [0.25, 0.3) is 10.9 Å². The van der Waals surface area contributed by atoms with Crippen molar-refractivity contribution in [3.05, 3.63) is 30.5 Å². The van der Waals surface area contributed by atoms with E-state index in [9.17, 15) is 0 Å². The van der Waals surface area contributed by atoms with E-state index >= 15 is 0 Å². The molecule has 1 saturated heterocycles. The van der Waals surface area contributed by atoms with Gasteiger partial charge in [-0.2, -0.15) is 0 Å². The summed E-state index contributed by atoms with van der Waals surface area (Å²) in [6.07, 6.45) is 4.47. The summed E-state index contributed by atoms with van der Waals surface area (Å²) in [7, 11) is 2.20. The molecule has 0 unspecified atom stereocenters. The van der Waals surface area contributed by atoms with Gasteiger partial charge in [0.25, 0.3) is 0 Å². The second-order valence-corrected chi connectivity index (χ2v) is 5.00. The van der Waals surface area contributed by atoms with Crippen molar-refractivity contribution in [3.8, 4) is 0 Å². The minimum atomic E-state index is 0.627. The zero-order chi connectivity index (χ0) is 11.7. The average molecular weight is 229 g/mol. The molecule has 0 radical (unpaired) electrons. The van der Waals surface area contributed by atoms with Crippen LogP contribution in [0.15, 0.2) is 30.5 Å². The molecule has 2 aromatic rings. The van der Waals surface area contributed by atoms with Crippen LogP contribution in [0.1, 0.15) is 12.8 Å². The smallest absolute Gasteiger partial charge is 0.0455 e. The Labute approximate surface area is 102 Å². The molecule has 0 atom stereocenters. The minimum absolute atomic E-state index is 0.627. The zero-order valence-corrected chi connectivity index (χ0v) is 10.2. The molecule has 3 heteroatoms. The molecular formula is C14H19N3. The van der Waals surface area contributed by atoms with Crippen LogP contribution in [-0.2, 0) is 0 Å². The Morgan fingerprint density at radius 2 is 2.06 bits per heavy atom. The Morgan fingerprint density at radius 1 is 1.24 bits per heavy atom. The van der Waals surface area contributed by atoms with Crippen LogP contribution in [0.4, 0.5) is 5.69 Å². The monoisotopic (exact) mass is 229 g/mol. The predicted octanol–water partition coefficient (Wildman–Crippen LogP) is 2.67. The summed E-state index contributed by atoms with van der Waals surface area (Å²) in [5.74, 6) is 0. The van der Waals surface area contributed by atoms with Gasteiger partial charge in [0, 0.05) is 28.8 Å². The maximum Gasteiger partial charge on any atom is 0.0455 e. The minimum Gasteiger partial charge on any atom is -0.382 e. The van der Waals surface area contributed by atoms with Gasteiger partial charge in [-0.25, -0.2) is 0 Å². The molecule has 1 aliphatic heterocycles. The van der Waals surface area contributed by atoms with Crippen molar-refractivity contribution in [1.82, 2.24) is 9.88 Å². The van der Waals surface area contributed by atoms with Crippen LogP contribution in [0.2, 0.25) is 0 Å². The summed E-state index contributed by atoms with van der Waals surface area (Å²) in [4.78, 5) is 5.62. The third-order valence-electron chi connectivity index (χ3n) is 3.64. The van der Waals surface area contributed by atoms with Crippen molar-refractivity contribution in [2.75, 3.05) is 25.5 Å². The summed E-state index contributed by atoms with van der Waals surface area (Å²) in [6, 6.07) is 9.28. The highest BCUT2D eigenvalue weighted by Gasteiger charge is 2.16. The van der Waals surface area contributed by atoms with E-state index in [1.54, 1.807) is 0 Å². The van der Waals surface area contributed by atoms with Gasteiger partial charge in [-0.15, -0.1) is 0 Å². The SMILES string of the molecule is CN1CCC(Nc2ccc3[nH]ccc3c2)CC1. The standard InChI is InChI=1S/C14H19N3/c1-17-8-5-12(6-9-17)16-13-2-3-14-11(10-13)4-7-15-14/h2-4,7,10,12,15-16H,5-6,8-9H2,1H3. The number of piperidine rings is 1. The first kappa shape index (κ1) is 10.7. The topological polar surface area (TPSA) is 31.1 Å². The Morgan fingerprint density at radius 3 is 2.88 bits per heavy atom. The number of rotatable bonds is 2. The van der Waals surface area contributed by atoms with E-state index in [1.165, 1.54) is 42.5 Å². The van der Waals surface area contributed by atoms with E-state index in [0.717, 1.165) is 0 Å². The molecule has 0 spiro atoms. The van der Waals surface area contributed by atoms with Crippen molar-refractivity contribution >= 4 is 16.6 Å². The Kier molecular flexibility index (Phi) is 2.77. The number of nitrogens with one attached hydrogen (secondary N) is 2. The first-order valence-corrected chi connectivity index (χ1v) is 6.33. The van der Waals surface area contributed by atoms with Crippen LogP contribution in [0.5, 0.6) is 0 Å². The largest absolute Gasteiger partial charge is 0.382 e. The van der Waals surface area contributed by atoms with Crippen molar-refractivity contribution < 1.29 is 0 Å². The van der Waals surface area contributed by atoms with Gasteiger partial charge in [-0.05, 0) is 57.2 Å². The van der Waals surface area contributed by atoms with Crippen molar-refractivity contribution in [2.45, 2.75) is 18.9 Å². The average Bonchev–Trinajstić information content (AvgIpc) is 2.79. The molecule has 1 aromatic heterocycles. The van der Waals surface area contributed by atoms with Gasteiger partial charge < -0.3 is 15.2 Å². The molecule has 3 nitrogen and oxygen atoms in total. The summed E-state index contributed by atoms with van der Waals surface area (Å²) in [6.45, 7) is 2.40. The number of aromatic amines is 1. The number of fused-ring (bicyclic) bond motifs is 1. The third-order valence-corrected chi connectivity index (χ3v) is 3.64. The van der Waals surface area contributed by atoms with Gasteiger partial charge >= 0.3 is 0 Å². The Hall–Kier alpha value is -1.48. The van der Waals surface area contributed by atoms with Crippen LogP contribution in [0.3, 0.4) is 0 Å². The lowest BCUT2D eigenvalue weighted by Gasteiger charge is -2.30. The first-order chi connectivity index (χ1) is 8.31. The molecule has 1 fully saturated rings. The summed E-state index contributed by atoms with van der Waals surface area (Å²) in [5, 5.41) is 4.92. The van der Waals surface area contributed by atoms with E-state index in [0.29, 0.717) is 6.04 Å². The molecule has 3 rings (SSSR count). The molecule has 1 aromatic carbocycles. The lowest BCUT2D eigenvalue weighted by Crippen LogP contribution is -2.36. The number of hydrogen-bond acceptors (Lipinski definition) is 2. The van der Waals surface area contributed by atoms with Crippen LogP contribution in [0, 0.1) is 0 Å². The molecule has 1 aliphatic rings. The lowest BCUT2D eigenvalue weighted by molar-refractivity contribution is 0.264. The highest BCUT2D eigenvalue weighted by molar-refractivity contribution is 5.83. The Balaban J connectivity index is 1.71. The number of anilines is 1. The van der Waals surface area contributed by atoms with E-state index in [4.69, 9.17) is 0 Å². The second-order valence-electron chi connectivity index (χ2n) is 5.00. The molecule has 0 bridgehead atoms. The van der Waals surface area contributed by atoms with Gasteiger partial charge in [0.15, 0.2) is 0 Å². The maximum absolute atomic E-state index is 3.64. The molecular weight excluding hydrogens is 210 g/mol. The maximum atomic E-state index is 3.64. The number of likely N-dealkylation sites (tertiary alicyclic amines) is 1. The molecule has 0 saturated carbocycles. The number of aromatic nitrogens is 1. The molecule has 2 heterocycles. The number of hydrogen-bond donors (Lipinski definition) is 2. The van der Waals surface area contributed by atoms with Gasteiger partial charge in [-0.3, -0.25) is 0 Å². The summed E-state index contributed by atoms with van der Waals surface area (Å²) in [5.41, 5.74) is 2.45. The second kappa shape index (κ2) is 4.41. The van der Waals surface area contributed by atoms with E-state index in [1.807, 2.05) is 6.20 Å². The molecule has 17 heavy (non-hydrogen) atoms. The highest BCUT2D eigenvalue weighted by Crippen LogP contribution is 2.20. The van der Waals surface area contributed by atoms with Crippen LogP contribution in [-0.4, -0.2) is 36.1 Å². The van der Waals surface area contributed by atoms with E-state index in [2.05, 4.69) is 46.5 Å². The van der Waals surface area contributed by atoms with E-state index in [-0.39, 0.29) is 0 Å². The quantitative estimate of drug-likeness (QED) is 0.829. The predicted molar refractivity (Wildman–Crippen MR) is 72.4 cm³/mol. The van der Waals surface area contributed by atoms with Crippen molar-refractivity contribution in [1.29, 1.82) is 0 Å². The number of nitrogens with zero attached hydrogens (tertiary/aromatic N) is 1. The highest BCUT2D eigenvalue weighted by atomic mass is 15.1. The first-order valence-electron chi connectivity index (χ1n) is 6.33. The van der Waals surface area contributed by atoms with Crippen molar-refractivity contribution in [2.24, 2.45) is 0 Å². The van der Waals surface area contributed by atoms with Gasteiger partial charge in [0.1, 0.15) is 0 Å². The third kappa shape index (κ3) is 2.29. The van der Waals surface area contributed by atoms with Crippen LogP contribution < -0.4 is 5.32 Å². The fraction of sp³-hybridized carbons (Fsp3) is 0.429. The number of benzene rings is 1. The van der Waals surface area contributed by atoms with Gasteiger partial charge in [0.2, 0.25) is 0 Å². The molecule has 90 valence electrons. The zero-order valence-electron chi connectivity index (χ0n) is 10.2. The van der Waals surface area contributed by atoms with Gasteiger partial charge in [0.05, 0.1) is 0 Å². The fourth-order valence-electron chi connectivity index (χ4n) is 2.53. The number of H-pyrrole nitrogens is 1. The fourth-order valence-corrected chi connectivity index (χ4v) is 2.53. The molecule has 2 N–H and O–H groups in total. The molecule has 0 aliphatic carbocycles. The molecule has 0 amide bonds. The lowest BCUT2D eigenvalue weighted by atomic mass is 10.1.